The van der Waals surface area contributed by atoms with E-state index in [2.05, 4.69) is 0 Å². The normalized spacial score (nSPS) is 23.2. The molecule has 0 spiro atoms. The zero-order valence-electron chi connectivity index (χ0n) is 13.0. The highest BCUT2D eigenvalue weighted by Gasteiger charge is 2.47. The lowest BCUT2D eigenvalue weighted by Gasteiger charge is -2.32. The highest BCUT2D eigenvalue weighted by Crippen LogP contribution is 2.35. The van der Waals surface area contributed by atoms with Crippen molar-refractivity contribution in [2.75, 3.05) is 6.61 Å². The van der Waals surface area contributed by atoms with Crippen LogP contribution in [0, 0.1) is 20.8 Å². The third-order valence-corrected chi connectivity index (χ3v) is 6.20. The molecular formula is C15H23NO3S. The predicted octanol–water partition coefficient (Wildman–Crippen LogP) is 2.76. The van der Waals surface area contributed by atoms with Crippen molar-refractivity contribution in [1.82, 2.24) is 4.31 Å². The fourth-order valence-corrected chi connectivity index (χ4v) is 5.42. The van der Waals surface area contributed by atoms with E-state index in [1.807, 2.05) is 46.8 Å². The third kappa shape index (κ3) is 2.38. The van der Waals surface area contributed by atoms with Crippen LogP contribution in [0.15, 0.2) is 17.0 Å². The molecule has 0 aliphatic carbocycles. The molecule has 0 bridgehead atoms. The fraction of sp³-hybridized carbons (Fsp3) is 0.600. The molecule has 1 fully saturated rings. The molecule has 112 valence electrons. The third-order valence-electron chi connectivity index (χ3n) is 3.73. The minimum Gasteiger partial charge on any atom is -0.360 e. The van der Waals surface area contributed by atoms with Gasteiger partial charge in [0.05, 0.1) is 17.0 Å². The second kappa shape index (κ2) is 4.83. The van der Waals surface area contributed by atoms with Crippen molar-refractivity contribution < 1.29 is 13.2 Å². The molecule has 0 saturated carbocycles. The van der Waals surface area contributed by atoms with Gasteiger partial charge < -0.3 is 4.74 Å². The van der Waals surface area contributed by atoms with Crippen molar-refractivity contribution in [3.63, 3.8) is 0 Å². The van der Waals surface area contributed by atoms with Crippen molar-refractivity contribution in [1.29, 1.82) is 0 Å². The summed E-state index contributed by atoms with van der Waals surface area (Å²) in [6.07, 6.45) is -0.435. The van der Waals surface area contributed by atoms with E-state index >= 15 is 0 Å². The lowest BCUT2D eigenvalue weighted by atomic mass is 10.1. The van der Waals surface area contributed by atoms with E-state index in [0.717, 1.165) is 16.7 Å². The van der Waals surface area contributed by atoms with Gasteiger partial charge in [0.2, 0.25) is 10.0 Å². The standard InChI is InChI=1S/C15H23NO3S/c1-10-7-11(2)14(12(3)8-10)20(17,18)16-13(4)19-9-15(16,5)6/h7-8,13H,9H2,1-6H3. The minimum absolute atomic E-state index is 0.411. The number of ether oxygens (including phenoxy) is 1. The maximum atomic E-state index is 13.1. The van der Waals surface area contributed by atoms with E-state index in [1.165, 1.54) is 4.31 Å². The zero-order chi connectivity index (χ0) is 15.3. The Kier molecular flexibility index (Phi) is 3.73. The van der Waals surface area contributed by atoms with Crippen LogP contribution in [0.2, 0.25) is 0 Å². The Hall–Kier alpha value is -0.910. The van der Waals surface area contributed by atoms with Gasteiger partial charge in [-0.15, -0.1) is 0 Å². The van der Waals surface area contributed by atoms with Gasteiger partial charge in [0, 0.05) is 0 Å². The Labute approximate surface area is 121 Å². The molecule has 1 aromatic rings. The Bertz CT molecular complexity index is 612. The van der Waals surface area contributed by atoms with Gasteiger partial charge in [-0.25, -0.2) is 8.42 Å². The number of hydrogen-bond acceptors (Lipinski definition) is 3. The molecule has 1 aliphatic heterocycles. The number of benzene rings is 1. The molecule has 0 radical (unpaired) electrons. The molecule has 1 unspecified atom stereocenters. The average Bonchev–Trinajstić information content (AvgIpc) is 2.50. The second-order valence-electron chi connectivity index (χ2n) is 6.25. The highest BCUT2D eigenvalue weighted by molar-refractivity contribution is 7.89. The molecule has 20 heavy (non-hydrogen) atoms. The van der Waals surface area contributed by atoms with E-state index in [0.29, 0.717) is 11.5 Å². The zero-order valence-corrected chi connectivity index (χ0v) is 13.8. The van der Waals surface area contributed by atoms with Gasteiger partial charge in [0.15, 0.2) is 0 Å². The summed E-state index contributed by atoms with van der Waals surface area (Å²) in [5.74, 6) is 0. The van der Waals surface area contributed by atoms with Crippen molar-refractivity contribution in [2.45, 2.75) is 58.2 Å². The molecule has 1 aromatic carbocycles. The topological polar surface area (TPSA) is 46.6 Å². The number of aryl methyl sites for hydroxylation is 3. The first-order valence-electron chi connectivity index (χ1n) is 6.81. The average molecular weight is 297 g/mol. The lowest BCUT2D eigenvalue weighted by Crippen LogP contribution is -2.47. The monoisotopic (exact) mass is 297 g/mol. The van der Waals surface area contributed by atoms with Crippen molar-refractivity contribution in [3.8, 4) is 0 Å². The van der Waals surface area contributed by atoms with Gasteiger partial charge in [-0.1, -0.05) is 17.7 Å². The highest BCUT2D eigenvalue weighted by atomic mass is 32.2. The van der Waals surface area contributed by atoms with E-state index in [1.54, 1.807) is 6.92 Å². The summed E-state index contributed by atoms with van der Waals surface area (Å²) < 4.78 is 33.1. The Morgan fingerprint density at radius 3 is 2.10 bits per heavy atom. The van der Waals surface area contributed by atoms with Crippen molar-refractivity contribution in [3.05, 3.63) is 28.8 Å². The summed E-state index contributed by atoms with van der Waals surface area (Å²) in [6, 6.07) is 3.82. The molecule has 5 heteroatoms. The van der Waals surface area contributed by atoms with Gasteiger partial charge in [0.1, 0.15) is 6.23 Å². The summed E-state index contributed by atoms with van der Waals surface area (Å²) >= 11 is 0. The number of nitrogens with zero attached hydrogens (tertiary/aromatic N) is 1. The summed E-state index contributed by atoms with van der Waals surface area (Å²) in [7, 11) is -3.57. The smallest absolute Gasteiger partial charge is 0.246 e. The summed E-state index contributed by atoms with van der Waals surface area (Å²) in [6.45, 7) is 11.7. The maximum absolute atomic E-state index is 13.1. The first-order chi connectivity index (χ1) is 9.07. The molecule has 1 saturated heterocycles. The van der Waals surface area contributed by atoms with Crippen molar-refractivity contribution >= 4 is 10.0 Å². The van der Waals surface area contributed by atoms with Crippen LogP contribution in [-0.4, -0.2) is 31.1 Å². The van der Waals surface area contributed by atoms with Gasteiger partial charge in [-0.2, -0.15) is 4.31 Å². The van der Waals surface area contributed by atoms with Crippen LogP contribution in [0.5, 0.6) is 0 Å². The van der Waals surface area contributed by atoms with Gasteiger partial charge in [-0.05, 0) is 52.7 Å². The molecule has 1 aliphatic rings. The molecular weight excluding hydrogens is 274 g/mol. The lowest BCUT2D eigenvalue weighted by molar-refractivity contribution is 0.0843. The van der Waals surface area contributed by atoms with E-state index in [9.17, 15) is 8.42 Å². The quantitative estimate of drug-likeness (QED) is 0.843. The first-order valence-corrected chi connectivity index (χ1v) is 8.25. The second-order valence-corrected chi connectivity index (χ2v) is 8.00. The van der Waals surface area contributed by atoms with Crippen LogP contribution in [0.25, 0.3) is 0 Å². The van der Waals surface area contributed by atoms with E-state index < -0.39 is 21.8 Å². The van der Waals surface area contributed by atoms with Gasteiger partial charge in [-0.3, -0.25) is 0 Å². The molecule has 1 heterocycles. The largest absolute Gasteiger partial charge is 0.360 e. The first kappa shape index (κ1) is 15.5. The number of sulfonamides is 1. The number of rotatable bonds is 2. The molecule has 2 rings (SSSR count). The number of hydrogen-bond donors (Lipinski definition) is 0. The summed E-state index contributed by atoms with van der Waals surface area (Å²) in [5.41, 5.74) is 2.13. The molecule has 4 nitrogen and oxygen atoms in total. The minimum atomic E-state index is -3.57. The van der Waals surface area contributed by atoms with Crippen LogP contribution >= 0.6 is 0 Å². The summed E-state index contributed by atoms with van der Waals surface area (Å²) in [5, 5.41) is 0. The van der Waals surface area contributed by atoms with Crippen LogP contribution in [0.3, 0.4) is 0 Å². The Balaban J connectivity index is 2.62. The fourth-order valence-electron chi connectivity index (χ4n) is 3.14. The molecule has 0 aromatic heterocycles. The summed E-state index contributed by atoms with van der Waals surface area (Å²) in [4.78, 5) is 0.411. The van der Waals surface area contributed by atoms with Gasteiger partial charge >= 0.3 is 0 Å². The van der Waals surface area contributed by atoms with Crippen LogP contribution in [0.4, 0.5) is 0 Å². The Morgan fingerprint density at radius 1 is 1.20 bits per heavy atom. The SMILES string of the molecule is Cc1cc(C)c(S(=O)(=O)N2C(C)OCC2(C)C)c(C)c1. The maximum Gasteiger partial charge on any atom is 0.246 e. The van der Waals surface area contributed by atoms with Gasteiger partial charge in [0.25, 0.3) is 0 Å². The molecule has 0 N–H and O–H groups in total. The predicted molar refractivity (Wildman–Crippen MR) is 79.2 cm³/mol. The van der Waals surface area contributed by atoms with Crippen LogP contribution in [0.1, 0.15) is 37.5 Å². The Morgan fingerprint density at radius 2 is 1.70 bits per heavy atom. The van der Waals surface area contributed by atoms with Crippen molar-refractivity contribution in [2.24, 2.45) is 0 Å². The molecule has 1 atom stereocenters. The van der Waals surface area contributed by atoms with E-state index in [4.69, 9.17) is 4.74 Å². The molecule has 0 amide bonds. The van der Waals surface area contributed by atoms with Crippen LogP contribution in [-0.2, 0) is 14.8 Å². The van der Waals surface area contributed by atoms with E-state index in [-0.39, 0.29) is 0 Å². The van der Waals surface area contributed by atoms with Crippen LogP contribution < -0.4 is 0 Å².